The van der Waals surface area contributed by atoms with Crippen molar-refractivity contribution >= 4 is 11.8 Å². The number of benzene rings is 2. The van der Waals surface area contributed by atoms with E-state index in [9.17, 15) is 10.2 Å². The number of methoxy groups -OCH3 is 1. The summed E-state index contributed by atoms with van der Waals surface area (Å²) < 4.78 is 17.0. The first kappa shape index (κ1) is 19.2. The third kappa shape index (κ3) is 4.58. The Hall–Kier alpha value is -1.57. The predicted octanol–water partition coefficient (Wildman–Crippen LogP) is 2.84. The van der Waals surface area contributed by atoms with Crippen LogP contribution in [0.5, 0.6) is 5.75 Å². The Morgan fingerprint density at radius 3 is 2.35 bits per heavy atom. The maximum atomic E-state index is 10.5. The van der Waals surface area contributed by atoms with E-state index in [1.54, 1.807) is 14.0 Å². The molecule has 0 bridgehead atoms. The van der Waals surface area contributed by atoms with Gasteiger partial charge in [-0.2, -0.15) is 0 Å². The first-order valence-corrected chi connectivity index (χ1v) is 9.44. The molecule has 0 spiro atoms. The van der Waals surface area contributed by atoms with Gasteiger partial charge < -0.3 is 24.4 Å². The summed E-state index contributed by atoms with van der Waals surface area (Å²) in [6.07, 6.45) is -3.11. The van der Waals surface area contributed by atoms with Crippen LogP contribution in [0, 0.1) is 0 Å². The van der Waals surface area contributed by atoms with E-state index in [-0.39, 0.29) is 0 Å². The van der Waals surface area contributed by atoms with E-state index in [1.807, 2.05) is 54.6 Å². The van der Waals surface area contributed by atoms with Gasteiger partial charge in [-0.15, -0.1) is 0 Å². The van der Waals surface area contributed by atoms with E-state index in [2.05, 4.69) is 0 Å². The van der Waals surface area contributed by atoms with Gasteiger partial charge in [-0.05, 0) is 36.8 Å². The summed E-state index contributed by atoms with van der Waals surface area (Å²) in [5, 5.41) is 20.7. The zero-order valence-corrected chi connectivity index (χ0v) is 15.6. The molecule has 2 N–H and O–H groups in total. The number of aliphatic hydroxyl groups excluding tert-OH is 2. The molecule has 1 fully saturated rings. The Kier molecular flexibility index (Phi) is 6.56. The molecule has 6 heteroatoms. The second-order valence-electron chi connectivity index (χ2n) is 6.25. The van der Waals surface area contributed by atoms with Crippen LogP contribution in [-0.4, -0.2) is 47.2 Å². The van der Waals surface area contributed by atoms with Gasteiger partial charge in [0.2, 0.25) is 0 Å². The van der Waals surface area contributed by atoms with Crippen LogP contribution in [-0.2, 0) is 16.1 Å². The van der Waals surface area contributed by atoms with Crippen molar-refractivity contribution in [1.29, 1.82) is 0 Å². The Labute approximate surface area is 157 Å². The highest BCUT2D eigenvalue weighted by atomic mass is 32.2. The van der Waals surface area contributed by atoms with Crippen LogP contribution >= 0.6 is 11.8 Å². The third-order valence-electron chi connectivity index (χ3n) is 4.38. The minimum atomic E-state index is -1.02. The molecule has 1 heterocycles. The minimum absolute atomic E-state index is 0.308. The molecule has 1 unspecified atom stereocenters. The fraction of sp³-hybridized carbons (Fsp3) is 0.400. The molecule has 2 aromatic rings. The molecule has 140 valence electrons. The fourth-order valence-corrected chi connectivity index (χ4v) is 4.01. The SMILES string of the molecule is COc1ccc(CO[C@@H]2C(Sc3ccccc3)O[C@@H](C)[C@@H](O)[C@H]2O)cc1. The van der Waals surface area contributed by atoms with Crippen molar-refractivity contribution in [1.82, 2.24) is 0 Å². The van der Waals surface area contributed by atoms with Gasteiger partial charge in [0.25, 0.3) is 0 Å². The van der Waals surface area contributed by atoms with Gasteiger partial charge in [0, 0.05) is 4.90 Å². The molecule has 0 aromatic heterocycles. The lowest BCUT2D eigenvalue weighted by atomic mass is 10.0. The van der Waals surface area contributed by atoms with Gasteiger partial charge in [-0.25, -0.2) is 0 Å². The Balaban J connectivity index is 1.70. The minimum Gasteiger partial charge on any atom is -0.497 e. The van der Waals surface area contributed by atoms with E-state index < -0.39 is 29.9 Å². The molecule has 5 atom stereocenters. The lowest BCUT2D eigenvalue weighted by Crippen LogP contribution is -2.56. The second kappa shape index (κ2) is 8.88. The van der Waals surface area contributed by atoms with Crippen molar-refractivity contribution in [2.24, 2.45) is 0 Å². The zero-order valence-electron chi connectivity index (χ0n) is 14.8. The highest BCUT2D eigenvalue weighted by molar-refractivity contribution is 7.99. The third-order valence-corrected chi connectivity index (χ3v) is 5.54. The van der Waals surface area contributed by atoms with Crippen LogP contribution in [0.4, 0.5) is 0 Å². The van der Waals surface area contributed by atoms with Crippen molar-refractivity contribution in [3.05, 3.63) is 60.2 Å². The largest absolute Gasteiger partial charge is 0.497 e. The molecular formula is C20H24O5S. The molecule has 0 radical (unpaired) electrons. The standard InChI is InChI=1S/C20H24O5S/c1-13-17(21)18(22)19(20(25-13)26-16-6-4-3-5-7-16)24-12-14-8-10-15(23-2)11-9-14/h3-11,13,17-22H,12H2,1-2H3/t13-,17+,18+,19-,20?/m0/s1. The fourth-order valence-electron chi connectivity index (χ4n) is 2.82. The van der Waals surface area contributed by atoms with E-state index in [0.29, 0.717) is 6.61 Å². The number of thioether (sulfide) groups is 1. The molecule has 1 saturated heterocycles. The smallest absolute Gasteiger partial charge is 0.136 e. The van der Waals surface area contributed by atoms with Crippen LogP contribution < -0.4 is 4.74 Å². The molecule has 0 saturated carbocycles. The summed E-state index contributed by atoms with van der Waals surface area (Å²) in [4.78, 5) is 1.02. The van der Waals surface area contributed by atoms with Gasteiger partial charge in [0.05, 0.1) is 19.8 Å². The van der Waals surface area contributed by atoms with E-state index in [4.69, 9.17) is 14.2 Å². The summed E-state index contributed by atoms with van der Waals surface area (Å²) in [5.74, 6) is 0.775. The van der Waals surface area contributed by atoms with Crippen molar-refractivity contribution in [3.8, 4) is 5.75 Å². The topological polar surface area (TPSA) is 68.2 Å². The molecule has 2 aromatic carbocycles. The van der Waals surface area contributed by atoms with E-state index in [1.165, 1.54) is 11.8 Å². The molecule has 26 heavy (non-hydrogen) atoms. The summed E-state index contributed by atoms with van der Waals surface area (Å²) in [5.41, 5.74) is 0.540. The maximum Gasteiger partial charge on any atom is 0.136 e. The van der Waals surface area contributed by atoms with Crippen LogP contribution in [0.15, 0.2) is 59.5 Å². The molecule has 0 aliphatic carbocycles. The molecule has 5 nitrogen and oxygen atoms in total. The van der Waals surface area contributed by atoms with Gasteiger partial charge >= 0.3 is 0 Å². The predicted molar refractivity (Wildman–Crippen MR) is 100 cm³/mol. The highest BCUT2D eigenvalue weighted by Crippen LogP contribution is 2.35. The van der Waals surface area contributed by atoms with Crippen LogP contribution in [0.2, 0.25) is 0 Å². The Morgan fingerprint density at radius 1 is 1.00 bits per heavy atom. The van der Waals surface area contributed by atoms with Crippen molar-refractivity contribution in [2.75, 3.05) is 7.11 Å². The molecule has 0 amide bonds. The lowest BCUT2D eigenvalue weighted by Gasteiger charge is -2.41. The monoisotopic (exact) mass is 376 g/mol. The second-order valence-corrected chi connectivity index (χ2v) is 7.42. The summed E-state index contributed by atoms with van der Waals surface area (Å²) in [6, 6.07) is 17.4. The number of aliphatic hydroxyl groups is 2. The zero-order chi connectivity index (χ0) is 18.5. The lowest BCUT2D eigenvalue weighted by molar-refractivity contribution is -0.210. The highest BCUT2D eigenvalue weighted by Gasteiger charge is 2.43. The average molecular weight is 376 g/mol. The average Bonchev–Trinajstić information content (AvgIpc) is 2.67. The number of hydrogen-bond acceptors (Lipinski definition) is 6. The summed E-state index contributed by atoms with van der Waals surface area (Å²) in [7, 11) is 1.62. The van der Waals surface area contributed by atoms with Gasteiger partial charge in [-0.1, -0.05) is 42.1 Å². The number of rotatable bonds is 6. The van der Waals surface area contributed by atoms with E-state index >= 15 is 0 Å². The number of hydrogen-bond donors (Lipinski definition) is 2. The molecule has 3 rings (SSSR count). The van der Waals surface area contributed by atoms with E-state index in [0.717, 1.165) is 16.2 Å². The molecular weight excluding hydrogens is 352 g/mol. The first-order chi connectivity index (χ1) is 12.6. The number of ether oxygens (including phenoxy) is 3. The maximum absolute atomic E-state index is 10.5. The summed E-state index contributed by atoms with van der Waals surface area (Å²) in [6.45, 7) is 2.06. The Morgan fingerprint density at radius 2 is 1.69 bits per heavy atom. The molecule has 1 aliphatic rings. The van der Waals surface area contributed by atoms with Crippen LogP contribution in [0.1, 0.15) is 12.5 Å². The Bertz CT molecular complexity index is 678. The normalized spacial score (nSPS) is 28.7. The van der Waals surface area contributed by atoms with Crippen LogP contribution in [0.3, 0.4) is 0 Å². The summed E-state index contributed by atoms with van der Waals surface area (Å²) >= 11 is 1.49. The van der Waals surface area contributed by atoms with Crippen molar-refractivity contribution in [2.45, 2.75) is 48.3 Å². The van der Waals surface area contributed by atoms with Gasteiger partial charge in [0.1, 0.15) is 29.5 Å². The van der Waals surface area contributed by atoms with Crippen molar-refractivity contribution in [3.63, 3.8) is 0 Å². The first-order valence-electron chi connectivity index (χ1n) is 8.56. The van der Waals surface area contributed by atoms with Crippen molar-refractivity contribution < 1.29 is 24.4 Å². The van der Waals surface area contributed by atoms with Gasteiger partial charge in [0.15, 0.2) is 0 Å². The molecule has 1 aliphatic heterocycles. The van der Waals surface area contributed by atoms with Crippen LogP contribution in [0.25, 0.3) is 0 Å². The quantitative estimate of drug-likeness (QED) is 0.808. The van der Waals surface area contributed by atoms with Gasteiger partial charge in [-0.3, -0.25) is 0 Å².